The molecule has 0 aromatic heterocycles. The van der Waals surface area contributed by atoms with E-state index in [0.29, 0.717) is 17.4 Å². The van der Waals surface area contributed by atoms with Gasteiger partial charge in [-0.05, 0) is 77.0 Å². The second kappa shape index (κ2) is 56.5. The van der Waals surface area contributed by atoms with E-state index in [1.165, 1.54) is 212 Å². The Morgan fingerprint density at radius 2 is 0.730 bits per heavy atom. The standard InChI is InChI=1S/C65H119NO8/c1-6-8-10-12-14-16-18-20-22-24-26-27-28-29-30-31-32-33-34-35-36-37-38-40-42-44-46-48-50-52-54-56-63(68)74-61(60-73-65(64(69)70)71-58-57-66(3,4)5)59-72-62(67)55-53-51-49-47-45-43-41-39-25-23-21-19-17-15-13-11-9-7-2/h18,20,23-26,28-29,61,65H,6-17,19,21-22,27,30-60H2,1-5H3/p+1/b20-18-,25-23-,26-24-,29-28-. The molecule has 0 bridgehead atoms. The predicted molar refractivity (Wildman–Crippen MR) is 314 cm³/mol. The molecular weight excluding hydrogens is 923 g/mol. The van der Waals surface area contributed by atoms with Crippen LogP contribution in [0.3, 0.4) is 0 Å². The molecule has 0 aromatic rings. The number of hydrogen-bond donors (Lipinski definition) is 1. The van der Waals surface area contributed by atoms with Crippen molar-refractivity contribution in [3.8, 4) is 0 Å². The maximum atomic E-state index is 12.9. The molecule has 432 valence electrons. The van der Waals surface area contributed by atoms with Crippen LogP contribution in [-0.2, 0) is 33.3 Å². The van der Waals surface area contributed by atoms with Crippen LogP contribution >= 0.6 is 0 Å². The fourth-order valence-electron chi connectivity index (χ4n) is 8.96. The number of hydrogen-bond acceptors (Lipinski definition) is 7. The molecule has 0 radical (unpaired) electrons. The summed E-state index contributed by atoms with van der Waals surface area (Å²) in [6.07, 6.45) is 67.7. The van der Waals surface area contributed by atoms with Crippen LogP contribution in [0.5, 0.6) is 0 Å². The van der Waals surface area contributed by atoms with Gasteiger partial charge in [0.05, 0.1) is 34.4 Å². The van der Waals surface area contributed by atoms with Crippen molar-refractivity contribution in [1.82, 2.24) is 0 Å². The molecule has 0 amide bonds. The molecule has 2 atom stereocenters. The Kier molecular flexibility index (Phi) is 54.4. The molecule has 74 heavy (non-hydrogen) atoms. The first kappa shape index (κ1) is 71.2. The van der Waals surface area contributed by atoms with Crippen molar-refractivity contribution in [2.75, 3.05) is 47.5 Å². The van der Waals surface area contributed by atoms with Crippen LogP contribution in [0.4, 0.5) is 0 Å². The summed E-state index contributed by atoms with van der Waals surface area (Å²) in [6, 6.07) is 0. The maximum absolute atomic E-state index is 12.9. The number of likely N-dealkylation sites (N-methyl/N-ethyl adjacent to an activating group) is 1. The number of aliphatic carboxylic acids is 1. The number of ether oxygens (including phenoxy) is 4. The molecule has 0 aromatic carbocycles. The highest BCUT2D eigenvalue weighted by atomic mass is 16.7. The van der Waals surface area contributed by atoms with Gasteiger partial charge in [-0.15, -0.1) is 0 Å². The lowest BCUT2D eigenvalue weighted by atomic mass is 10.0. The highest BCUT2D eigenvalue weighted by Crippen LogP contribution is 2.17. The Balaban J connectivity index is 4.14. The molecular formula is C65H120NO8+. The van der Waals surface area contributed by atoms with Crippen LogP contribution in [0.1, 0.15) is 290 Å². The first-order valence-corrected chi connectivity index (χ1v) is 31.3. The average Bonchev–Trinajstić information content (AvgIpc) is 3.37. The summed E-state index contributed by atoms with van der Waals surface area (Å²) in [4.78, 5) is 37.5. The molecule has 0 aliphatic rings. The minimum atomic E-state index is -1.51. The van der Waals surface area contributed by atoms with Crippen molar-refractivity contribution < 1.29 is 42.9 Å². The van der Waals surface area contributed by atoms with Gasteiger partial charge in [0, 0.05) is 12.8 Å². The summed E-state index contributed by atoms with van der Waals surface area (Å²) in [5, 5.41) is 9.71. The van der Waals surface area contributed by atoms with Crippen molar-refractivity contribution in [3.05, 3.63) is 48.6 Å². The smallest absolute Gasteiger partial charge is 0.361 e. The number of nitrogens with zero attached hydrogens (tertiary/aromatic N) is 1. The summed E-state index contributed by atoms with van der Waals surface area (Å²) in [5.41, 5.74) is 0. The van der Waals surface area contributed by atoms with Gasteiger partial charge in [-0.3, -0.25) is 9.59 Å². The van der Waals surface area contributed by atoms with Crippen molar-refractivity contribution in [2.24, 2.45) is 0 Å². The van der Waals surface area contributed by atoms with E-state index < -0.39 is 24.3 Å². The van der Waals surface area contributed by atoms with Crippen LogP contribution in [0.15, 0.2) is 48.6 Å². The van der Waals surface area contributed by atoms with Gasteiger partial charge in [0.2, 0.25) is 0 Å². The summed E-state index contributed by atoms with van der Waals surface area (Å²) in [7, 11) is 5.97. The second-order valence-electron chi connectivity index (χ2n) is 22.4. The lowest BCUT2D eigenvalue weighted by molar-refractivity contribution is -0.870. The zero-order valence-electron chi connectivity index (χ0n) is 49.3. The number of carbonyl (C=O) groups excluding carboxylic acids is 2. The van der Waals surface area contributed by atoms with Crippen molar-refractivity contribution in [2.45, 2.75) is 302 Å². The molecule has 0 rings (SSSR count). The highest BCUT2D eigenvalue weighted by Gasteiger charge is 2.25. The van der Waals surface area contributed by atoms with Gasteiger partial charge in [-0.25, -0.2) is 4.79 Å². The zero-order valence-corrected chi connectivity index (χ0v) is 49.3. The number of unbranched alkanes of at least 4 members (excludes halogenated alkanes) is 35. The van der Waals surface area contributed by atoms with Gasteiger partial charge in [-0.2, -0.15) is 0 Å². The molecule has 1 N–H and O–H groups in total. The van der Waals surface area contributed by atoms with E-state index in [0.717, 1.165) is 51.4 Å². The number of rotatable bonds is 58. The average molecular weight is 1040 g/mol. The lowest BCUT2D eigenvalue weighted by Gasteiger charge is -2.25. The fourth-order valence-corrected chi connectivity index (χ4v) is 8.96. The van der Waals surface area contributed by atoms with E-state index in [-0.39, 0.29) is 32.2 Å². The molecule has 0 saturated carbocycles. The van der Waals surface area contributed by atoms with E-state index >= 15 is 0 Å². The Labute approximate surface area is 457 Å². The van der Waals surface area contributed by atoms with Crippen molar-refractivity contribution in [3.63, 3.8) is 0 Å². The largest absolute Gasteiger partial charge is 0.477 e. The van der Waals surface area contributed by atoms with Crippen LogP contribution in [-0.4, -0.2) is 87.4 Å². The third kappa shape index (κ3) is 57.0. The SMILES string of the molecule is CCCCCCC/C=C\C/C=C\C/C=C\CCCCCCCCCCCCCCCCCCC(=O)OC(COC(=O)CCCCCCCCC/C=C\CCCCCCCCC)COC(OCC[N+](C)(C)C)C(=O)O. The third-order valence-electron chi connectivity index (χ3n) is 13.8. The molecule has 0 heterocycles. The normalized spacial score (nSPS) is 13.0. The maximum Gasteiger partial charge on any atom is 0.361 e. The summed E-state index contributed by atoms with van der Waals surface area (Å²) < 4.78 is 22.9. The molecule has 2 unspecified atom stereocenters. The number of carbonyl (C=O) groups is 3. The summed E-state index contributed by atoms with van der Waals surface area (Å²) in [6.45, 7) is 4.89. The summed E-state index contributed by atoms with van der Waals surface area (Å²) >= 11 is 0. The van der Waals surface area contributed by atoms with Gasteiger partial charge in [0.25, 0.3) is 6.29 Å². The molecule has 0 spiro atoms. The van der Waals surface area contributed by atoms with Gasteiger partial charge in [-0.1, -0.05) is 249 Å². The molecule has 0 saturated heterocycles. The first-order chi connectivity index (χ1) is 36.1. The van der Waals surface area contributed by atoms with Crippen LogP contribution in [0.25, 0.3) is 0 Å². The number of esters is 2. The minimum Gasteiger partial charge on any atom is -0.477 e. The van der Waals surface area contributed by atoms with E-state index in [9.17, 15) is 19.5 Å². The van der Waals surface area contributed by atoms with E-state index in [2.05, 4.69) is 62.5 Å². The highest BCUT2D eigenvalue weighted by molar-refractivity contribution is 5.71. The van der Waals surface area contributed by atoms with Gasteiger partial charge in [0.15, 0.2) is 6.10 Å². The number of carboxylic acid groups (broad SMARTS) is 1. The van der Waals surface area contributed by atoms with Gasteiger partial charge < -0.3 is 28.5 Å². The van der Waals surface area contributed by atoms with E-state index in [1.807, 2.05) is 21.1 Å². The molecule has 0 fully saturated rings. The topological polar surface area (TPSA) is 108 Å². The van der Waals surface area contributed by atoms with Crippen LogP contribution in [0.2, 0.25) is 0 Å². The monoisotopic (exact) mass is 1040 g/mol. The lowest BCUT2D eigenvalue weighted by Crippen LogP contribution is -2.40. The first-order valence-electron chi connectivity index (χ1n) is 31.3. The second-order valence-corrected chi connectivity index (χ2v) is 22.4. The molecule has 0 aliphatic carbocycles. The zero-order chi connectivity index (χ0) is 54.1. The molecule has 0 aliphatic heterocycles. The molecule has 9 nitrogen and oxygen atoms in total. The van der Waals surface area contributed by atoms with E-state index in [4.69, 9.17) is 18.9 Å². The van der Waals surface area contributed by atoms with Crippen molar-refractivity contribution in [1.29, 1.82) is 0 Å². The Hall–Kier alpha value is -2.75. The predicted octanol–water partition coefficient (Wildman–Crippen LogP) is 18.6. The molecule has 9 heteroatoms. The summed E-state index contributed by atoms with van der Waals surface area (Å²) in [5.74, 6) is -2.00. The third-order valence-corrected chi connectivity index (χ3v) is 13.8. The Morgan fingerprint density at radius 3 is 1.09 bits per heavy atom. The Bertz CT molecular complexity index is 1350. The van der Waals surface area contributed by atoms with Crippen molar-refractivity contribution >= 4 is 17.9 Å². The van der Waals surface area contributed by atoms with Gasteiger partial charge >= 0.3 is 17.9 Å². The van der Waals surface area contributed by atoms with Gasteiger partial charge in [0.1, 0.15) is 13.2 Å². The number of carboxylic acids is 1. The fraction of sp³-hybridized carbons (Fsp3) is 0.831. The Morgan fingerprint density at radius 1 is 0.405 bits per heavy atom. The minimum absolute atomic E-state index is 0.182. The van der Waals surface area contributed by atoms with E-state index in [1.54, 1.807) is 0 Å². The number of quaternary nitrogens is 1. The quantitative estimate of drug-likeness (QED) is 0.0211. The number of allylic oxidation sites excluding steroid dienone is 8. The van der Waals surface area contributed by atoms with Crippen LogP contribution < -0.4 is 0 Å². The van der Waals surface area contributed by atoms with Crippen LogP contribution in [0, 0.1) is 0 Å².